The quantitative estimate of drug-likeness (QED) is 0.397. The van der Waals surface area contributed by atoms with Gasteiger partial charge in [-0.05, 0) is 25.7 Å². The van der Waals surface area contributed by atoms with Gasteiger partial charge < -0.3 is 9.47 Å². The molecular weight excluding hydrogens is 176 g/mol. The Morgan fingerprint density at radius 3 is 1.79 bits per heavy atom. The van der Waals surface area contributed by atoms with E-state index in [1.165, 1.54) is 19.3 Å². The third-order valence-electron chi connectivity index (χ3n) is 2.06. The van der Waals surface area contributed by atoms with E-state index in [1.54, 1.807) is 0 Å². The molecule has 0 bridgehead atoms. The molecule has 0 aliphatic carbocycles. The lowest BCUT2D eigenvalue weighted by Crippen LogP contribution is -2.18. The highest BCUT2D eigenvalue weighted by Gasteiger charge is 2.07. The molecule has 0 N–H and O–H groups in total. The first-order valence-electron chi connectivity index (χ1n) is 6.08. The first kappa shape index (κ1) is 13.9. The predicted octanol–water partition coefficient (Wildman–Crippen LogP) is 3.75. The van der Waals surface area contributed by atoms with Crippen LogP contribution in [0.2, 0.25) is 0 Å². The van der Waals surface area contributed by atoms with Crippen LogP contribution in [-0.2, 0) is 9.47 Å². The van der Waals surface area contributed by atoms with E-state index >= 15 is 0 Å². The Hall–Kier alpha value is -0.0800. The van der Waals surface area contributed by atoms with Crippen LogP contribution < -0.4 is 0 Å². The Labute approximate surface area is 89.0 Å². The fraction of sp³-hybridized carbons (Fsp3) is 1.00. The van der Waals surface area contributed by atoms with Crippen molar-refractivity contribution in [3.05, 3.63) is 0 Å². The van der Waals surface area contributed by atoms with Crippen molar-refractivity contribution in [3.8, 4) is 0 Å². The molecule has 0 aromatic carbocycles. The van der Waals surface area contributed by atoms with Crippen molar-refractivity contribution in [2.24, 2.45) is 0 Å². The minimum atomic E-state index is 0.0430. The van der Waals surface area contributed by atoms with Gasteiger partial charge in [0, 0.05) is 13.2 Å². The second-order valence-corrected chi connectivity index (χ2v) is 3.67. The lowest BCUT2D eigenvalue weighted by Gasteiger charge is -2.17. The molecule has 0 unspecified atom stereocenters. The molecule has 0 heterocycles. The van der Waals surface area contributed by atoms with Crippen LogP contribution in [0.3, 0.4) is 0 Å². The van der Waals surface area contributed by atoms with Crippen molar-refractivity contribution in [2.45, 2.75) is 65.6 Å². The van der Waals surface area contributed by atoms with Crippen LogP contribution in [0.5, 0.6) is 0 Å². The molecule has 86 valence electrons. The van der Waals surface area contributed by atoms with E-state index in [9.17, 15) is 0 Å². The topological polar surface area (TPSA) is 18.5 Å². The zero-order valence-electron chi connectivity index (χ0n) is 10.1. The fourth-order valence-electron chi connectivity index (χ4n) is 1.27. The number of hydrogen-bond acceptors (Lipinski definition) is 2. The van der Waals surface area contributed by atoms with Gasteiger partial charge in [0.2, 0.25) is 0 Å². The van der Waals surface area contributed by atoms with Crippen molar-refractivity contribution >= 4 is 0 Å². The first-order valence-corrected chi connectivity index (χ1v) is 6.08. The smallest absolute Gasteiger partial charge is 0.157 e. The summed E-state index contributed by atoms with van der Waals surface area (Å²) in [5.74, 6) is 0. The SMILES string of the molecule is CCCCCC(OCCC)OCCC. The van der Waals surface area contributed by atoms with E-state index in [1.807, 2.05) is 0 Å². The summed E-state index contributed by atoms with van der Waals surface area (Å²) in [4.78, 5) is 0. The van der Waals surface area contributed by atoms with Gasteiger partial charge in [0.1, 0.15) is 0 Å². The monoisotopic (exact) mass is 202 g/mol. The first-order chi connectivity index (χ1) is 6.85. The Kier molecular flexibility index (Phi) is 10.9. The summed E-state index contributed by atoms with van der Waals surface area (Å²) >= 11 is 0. The van der Waals surface area contributed by atoms with Gasteiger partial charge in [-0.3, -0.25) is 0 Å². The molecule has 0 spiro atoms. The minimum absolute atomic E-state index is 0.0430. The number of ether oxygens (including phenoxy) is 2. The largest absolute Gasteiger partial charge is 0.353 e. The van der Waals surface area contributed by atoms with E-state index in [4.69, 9.17) is 9.47 Å². The molecule has 0 aromatic rings. The molecule has 14 heavy (non-hydrogen) atoms. The molecule has 0 saturated carbocycles. The molecule has 0 aliphatic rings. The van der Waals surface area contributed by atoms with Crippen LogP contribution in [0.1, 0.15) is 59.3 Å². The normalized spacial score (nSPS) is 11.1. The molecule has 0 fully saturated rings. The Morgan fingerprint density at radius 2 is 1.36 bits per heavy atom. The molecule has 0 radical (unpaired) electrons. The van der Waals surface area contributed by atoms with Gasteiger partial charge in [0.25, 0.3) is 0 Å². The summed E-state index contributed by atoms with van der Waals surface area (Å²) in [5.41, 5.74) is 0. The van der Waals surface area contributed by atoms with Crippen molar-refractivity contribution in [3.63, 3.8) is 0 Å². The van der Waals surface area contributed by atoms with Crippen LogP contribution >= 0.6 is 0 Å². The second-order valence-electron chi connectivity index (χ2n) is 3.67. The lowest BCUT2D eigenvalue weighted by atomic mass is 10.2. The summed E-state index contributed by atoms with van der Waals surface area (Å²) < 4.78 is 11.2. The van der Waals surface area contributed by atoms with E-state index < -0.39 is 0 Å². The zero-order valence-corrected chi connectivity index (χ0v) is 10.1. The average molecular weight is 202 g/mol. The maximum Gasteiger partial charge on any atom is 0.157 e. The van der Waals surface area contributed by atoms with E-state index in [-0.39, 0.29) is 6.29 Å². The summed E-state index contributed by atoms with van der Waals surface area (Å²) in [7, 11) is 0. The minimum Gasteiger partial charge on any atom is -0.353 e. The molecule has 0 aliphatic heterocycles. The van der Waals surface area contributed by atoms with Gasteiger partial charge in [-0.15, -0.1) is 0 Å². The van der Waals surface area contributed by atoms with Crippen molar-refractivity contribution in [1.82, 2.24) is 0 Å². The predicted molar refractivity (Wildman–Crippen MR) is 60.4 cm³/mol. The second kappa shape index (κ2) is 11.0. The van der Waals surface area contributed by atoms with Gasteiger partial charge in [-0.1, -0.05) is 33.6 Å². The van der Waals surface area contributed by atoms with E-state index in [0.29, 0.717) is 0 Å². The summed E-state index contributed by atoms with van der Waals surface area (Å²) in [5, 5.41) is 0. The maximum absolute atomic E-state index is 5.62. The molecular formula is C12H26O2. The molecule has 0 amide bonds. The van der Waals surface area contributed by atoms with Crippen LogP contribution in [0.15, 0.2) is 0 Å². The summed E-state index contributed by atoms with van der Waals surface area (Å²) in [6, 6.07) is 0. The standard InChI is InChI=1S/C12H26O2/c1-4-7-8-9-12(13-10-5-2)14-11-6-3/h12H,4-11H2,1-3H3. The zero-order chi connectivity index (χ0) is 10.6. The molecule has 2 nitrogen and oxygen atoms in total. The van der Waals surface area contributed by atoms with E-state index in [2.05, 4.69) is 20.8 Å². The van der Waals surface area contributed by atoms with Crippen molar-refractivity contribution in [1.29, 1.82) is 0 Å². The number of rotatable bonds is 10. The van der Waals surface area contributed by atoms with Crippen LogP contribution in [-0.4, -0.2) is 19.5 Å². The summed E-state index contributed by atoms with van der Waals surface area (Å²) in [6.07, 6.45) is 6.99. The van der Waals surface area contributed by atoms with Crippen molar-refractivity contribution < 1.29 is 9.47 Å². The fourth-order valence-corrected chi connectivity index (χ4v) is 1.27. The highest BCUT2D eigenvalue weighted by Crippen LogP contribution is 2.09. The number of unbranched alkanes of at least 4 members (excludes halogenated alkanes) is 2. The van der Waals surface area contributed by atoms with Gasteiger partial charge in [-0.2, -0.15) is 0 Å². The number of hydrogen-bond donors (Lipinski definition) is 0. The van der Waals surface area contributed by atoms with Gasteiger partial charge in [-0.25, -0.2) is 0 Å². The van der Waals surface area contributed by atoms with Crippen LogP contribution in [0, 0.1) is 0 Å². The molecule has 0 rings (SSSR count). The van der Waals surface area contributed by atoms with Gasteiger partial charge >= 0.3 is 0 Å². The maximum atomic E-state index is 5.62. The highest BCUT2D eigenvalue weighted by molar-refractivity contribution is 4.47. The Bertz CT molecular complexity index is 96.5. The molecule has 0 aromatic heterocycles. The Morgan fingerprint density at radius 1 is 0.786 bits per heavy atom. The van der Waals surface area contributed by atoms with Gasteiger partial charge in [0.05, 0.1) is 0 Å². The Balaban J connectivity index is 3.49. The third-order valence-corrected chi connectivity index (χ3v) is 2.06. The lowest BCUT2D eigenvalue weighted by molar-refractivity contribution is -0.146. The third kappa shape index (κ3) is 8.52. The molecule has 0 atom stereocenters. The molecule has 2 heteroatoms. The van der Waals surface area contributed by atoms with Crippen LogP contribution in [0.25, 0.3) is 0 Å². The van der Waals surface area contributed by atoms with Gasteiger partial charge in [0.15, 0.2) is 6.29 Å². The molecule has 0 saturated heterocycles. The van der Waals surface area contributed by atoms with Crippen molar-refractivity contribution in [2.75, 3.05) is 13.2 Å². The summed E-state index contributed by atoms with van der Waals surface area (Å²) in [6.45, 7) is 8.11. The average Bonchev–Trinajstić information content (AvgIpc) is 2.21. The van der Waals surface area contributed by atoms with E-state index in [0.717, 1.165) is 32.5 Å². The van der Waals surface area contributed by atoms with Crippen LogP contribution in [0.4, 0.5) is 0 Å². The highest BCUT2D eigenvalue weighted by atomic mass is 16.7.